The highest BCUT2D eigenvalue weighted by Gasteiger charge is 2.25. The molecule has 1 aliphatic heterocycles. The predicted molar refractivity (Wildman–Crippen MR) is 102 cm³/mol. The fraction of sp³-hybridized carbons (Fsp3) is 0.632. The predicted octanol–water partition coefficient (Wildman–Crippen LogP) is 1.56. The highest BCUT2D eigenvalue weighted by Crippen LogP contribution is 2.24. The summed E-state index contributed by atoms with van der Waals surface area (Å²) in [6.45, 7) is 1.31. The summed E-state index contributed by atoms with van der Waals surface area (Å²) in [4.78, 5) is 33.3. The van der Waals surface area contributed by atoms with E-state index >= 15 is 0 Å². The van der Waals surface area contributed by atoms with Crippen molar-refractivity contribution < 1.29 is 9.59 Å². The Bertz CT molecular complexity index is 683. The normalized spacial score (nSPS) is 17.4. The van der Waals surface area contributed by atoms with E-state index in [0.29, 0.717) is 36.9 Å². The molecular weight excluding hydrogens is 330 g/mol. The molecule has 3 amide bonds. The Morgan fingerprint density at radius 3 is 2.54 bits per heavy atom. The number of fused-ring (bicyclic) bond motifs is 1. The van der Waals surface area contributed by atoms with Crippen LogP contribution in [-0.4, -0.2) is 62.1 Å². The van der Waals surface area contributed by atoms with E-state index in [0.717, 1.165) is 30.5 Å². The van der Waals surface area contributed by atoms with E-state index in [1.807, 2.05) is 30.0 Å². The van der Waals surface area contributed by atoms with Crippen molar-refractivity contribution in [3.05, 3.63) is 22.9 Å². The molecule has 7 nitrogen and oxygen atoms in total. The Hall–Kier alpha value is -2.31. The fourth-order valence-corrected chi connectivity index (χ4v) is 3.80. The molecule has 0 spiro atoms. The molecule has 2 N–H and O–H groups in total. The molecule has 2 heterocycles. The van der Waals surface area contributed by atoms with Crippen LogP contribution in [0.25, 0.3) is 0 Å². The van der Waals surface area contributed by atoms with Gasteiger partial charge in [-0.25, -0.2) is 9.78 Å². The zero-order chi connectivity index (χ0) is 18.7. The number of hydrogen-bond donors (Lipinski definition) is 2. The molecule has 1 saturated carbocycles. The highest BCUT2D eigenvalue weighted by molar-refractivity contribution is 5.99. The molecular formula is C19H29N5O2. The van der Waals surface area contributed by atoms with E-state index < -0.39 is 0 Å². The molecule has 7 heteroatoms. The summed E-state index contributed by atoms with van der Waals surface area (Å²) < 4.78 is 0. The van der Waals surface area contributed by atoms with Crippen LogP contribution in [0.2, 0.25) is 0 Å². The van der Waals surface area contributed by atoms with Gasteiger partial charge in [0.2, 0.25) is 0 Å². The number of nitrogens with zero attached hydrogens (tertiary/aromatic N) is 3. The number of anilines is 1. The second-order valence-electron chi connectivity index (χ2n) is 7.36. The Balaban J connectivity index is 1.76. The first-order chi connectivity index (χ1) is 12.5. The van der Waals surface area contributed by atoms with Crippen LogP contribution in [0.3, 0.4) is 0 Å². The second-order valence-corrected chi connectivity index (χ2v) is 7.36. The summed E-state index contributed by atoms with van der Waals surface area (Å²) in [6, 6.07) is 2.30. The number of amides is 3. The van der Waals surface area contributed by atoms with Crippen molar-refractivity contribution in [2.45, 2.75) is 44.6 Å². The quantitative estimate of drug-likeness (QED) is 0.859. The molecule has 1 aromatic rings. The lowest BCUT2D eigenvalue weighted by molar-refractivity contribution is 0.0963. The second kappa shape index (κ2) is 7.93. The number of carbonyl (C=O) groups excluding carboxylic acids is 2. The van der Waals surface area contributed by atoms with E-state index in [1.165, 1.54) is 12.8 Å². The van der Waals surface area contributed by atoms with Gasteiger partial charge in [-0.05, 0) is 30.9 Å². The maximum Gasteiger partial charge on any atom is 0.317 e. The summed E-state index contributed by atoms with van der Waals surface area (Å²) in [6.07, 6.45) is 6.01. The maximum absolute atomic E-state index is 12.6. The Labute approximate surface area is 155 Å². The van der Waals surface area contributed by atoms with Gasteiger partial charge in [0.25, 0.3) is 5.91 Å². The van der Waals surface area contributed by atoms with E-state index in [1.54, 1.807) is 7.05 Å². The van der Waals surface area contributed by atoms with Gasteiger partial charge in [-0.1, -0.05) is 12.8 Å². The van der Waals surface area contributed by atoms with Gasteiger partial charge in [-0.15, -0.1) is 0 Å². The van der Waals surface area contributed by atoms with Crippen LogP contribution in [0.15, 0.2) is 6.07 Å². The number of aromatic nitrogens is 1. The van der Waals surface area contributed by atoms with E-state index in [2.05, 4.69) is 10.6 Å². The molecule has 3 rings (SSSR count). The average molecular weight is 359 g/mol. The number of nitrogens with one attached hydrogen (secondary N) is 2. The monoisotopic (exact) mass is 359 g/mol. The van der Waals surface area contributed by atoms with Crippen LogP contribution < -0.4 is 15.5 Å². The average Bonchev–Trinajstić information content (AvgIpc) is 3.04. The van der Waals surface area contributed by atoms with Gasteiger partial charge in [0, 0.05) is 52.4 Å². The van der Waals surface area contributed by atoms with Crippen LogP contribution in [0.1, 0.15) is 47.3 Å². The first kappa shape index (κ1) is 18.5. The molecule has 142 valence electrons. The number of pyridine rings is 1. The molecule has 1 aromatic heterocycles. The molecule has 26 heavy (non-hydrogen) atoms. The van der Waals surface area contributed by atoms with Crippen LogP contribution in [0.5, 0.6) is 0 Å². The van der Waals surface area contributed by atoms with Gasteiger partial charge in [-0.3, -0.25) is 4.79 Å². The summed E-state index contributed by atoms with van der Waals surface area (Å²) in [5.74, 6) is 0.538. The van der Waals surface area contributed by atoms with Crippen LogP contribution in [-0.2, 0) is 12.8 Å². The lowest BCUT2D eigenvalue weighted by Gasteiger charge is -2.23. The number of hydrogen-bond acceptors (Lipinski definition) is 4. The minimum Gasteiger partial charge on any atom is -0.362 e. The molecule has 2 aliphatic rings. The summed E-state index contributed by atoms with van der Waals surface area (Å²) in [5, 5.41) is 5.85. The lowest BCUT2D eigenvalue weighted by atomic mass is 10.0. The third kappa shape index (κ3) is 3.92. The van der Waals surface area contributed by atoms with Crippen molar-refractivity contribution in [1.82, 2.24) is 20.5 Å². The molecule has 1 aliphatic carbocycles. The van der Waals surface area contributed by atoms with Gasteiger partial charge in [0.15, 0.2) is 0 Å². The molecule has 0 radical (unpaired) electrons. The highest BCUT2D eigenvalue weighted by atomic mass is 16.2. The molecule has 0 unspecified atom stereocenters. The van der Waals surface area contributed by atoms with Crippen molar-refractivity contribution in [3.63, 3.8) is 0 Å². The van der Waals surface area contributed by atoms with Crippen molar-refractivity contribution in [2.24, 2.45) is 0 Å². The van der Waals surface area contributed by atoms with Crippen LogP contribution in [0.4, 0.5) is 10.6 Å². The molecule has 0 aromatic carbocycles. The summed E-state index contributed by atoms with van der Waals surface area (Å²) in [5.41, 5.74) is 2.63. The van der Waals surface area contributed by atoms with Gasteiger partial charge >= 0.3 is 6.03 Å². The van der Waals surface area contributed by atoms with Crippen molar-refractivity contribution in [3.8, 4) is 0 Å². The minimum atomic E-state index is -0.135. The Morgan fingerprint density at radius 1 is 1.19 bits per heavy atom. The number of carbonyl (C=O) groups is 2. The zero-order valence-corrected chi connectivity index (χ0v) is 16.0. The number of urea groups is 1. The van der Waals surface area contributed by atoms with Crippen molar-refractivity contribution >= 4 is 17.8 Å². The summed E-state index contributed by atoms with van der Waals surface area (Å²) >= 11 is 0. The molecule has 0 bridgehead atoms. The SMILES string of the molecule is CNC(=O)c1cc2c(nc1N(C)C)CCN(C(=O)NC1CCCC1)CC2. The molecule has 0 atom stereocenters. The third-order valence-corrected chi connectivity index (χ3v) is 5.31. The van der Waals surface area contributed by atoms with Gasteiger partial charge < -0.3 is 20.4 Å². The standard InChI is InChI=1S/C19H29N5O2/c1-20-18(25)15-12-13-8-10-24(19(26)21-14-6-4-5-7-14)11-9-16(13)22-17(15)23(2)3/h12,14H,4-11H2,1-3H3,(H,20,25)(H,21,26). The number of rotatable bonds is 3. The lowest BCUT2D eigenvalue weighted by Crippen LogP contribution is -2.45. The fourth-order valence-electron chi connectivity index (χ4n) is 3.80. The maximum atomic E-state index is 12.6. The first-order valence-electron chi connectivity index (χ1n) is 9.47. The minimum absolute atomic E-state index is 0.0315. The van der Waals surface area contributed by atoms with Crippen molar-refractivity contribution in [1.29, 1.82) is 0 Å². The smallest absolute Gasteiger partial charge is 0.317 e. The van der Waals surface area contributed by atoms with E-state index in [4.69, 9.17) is 4.98 Å². The third-order valence-electron chi connectivity index (χ3n) is 5.31. The zero-order valence-electron chi connectivity index (χ0n) is 16.0. The topological polar surface area (TPSA) is 77.6 Å². The van der Waals surface area contributed by atoms with E-state index in [9.17, 15) is 9.59 Å². The Kier molecular flexibility index (Phi) is 5.64. The summed E-state index contributed by atoms with van der Waals surface area (Å²) in [7, 11) is 5.40. The van der Waals surface area contributed by atoms with Crippen LogP contribution in [0, 0.1) is 0 Å². The van der Waals surface area contributed by atoms with Gasteiger partial charge in [-0.2, -0.15) is 0 Å². The molecule has 0 saturated heterocycles. The van der Waals surface area contributed by atoms with Crippen LogP contribution >= 0.6 is 0 Å². The van der Waals surface area contributed by atoms with Crippen molar-refractivity contribution in [2.75, 3.05) is 39.1 Å². The Morgan fingerprint density at radius 2 is 1.88 bits per heavy atom. The van der Waals surface area contributed by atoms with Gasteiger partial charge in [0.1, 0.15) is 5.82 Å². The first-order valence-corrected chi connectivity index (χ1v) is 9.47. The molecule has 1 fully saturated rings. The largest absolute Gasteiger partial charge is 0.362 e. The van der Waals surface area contributed by atoms with Gasteiger partial charge in [0.05, 0.1) is 5.56 Å². The van der Waals surface area contributed by atoms with E-state index in [-0.39, 0.29) is 11.9 Å².